The Morgan fingerprint density at radius 1 is 1.21 bits per heavy atom. The van der Waals surface area contributed by atoms with Gasteiger partial charge in [0.25, 0.3) is 11.8 Å². The van der Waals surface area contributed by atoms with Gasteiger partial charge >= 0.3 is 6.09 Å². The highest BCUT2D eigenvalue weighted by molar-refractivity contribution is 6.48. The van der Waals surface area contributed by atoms with Crippen LogP contribution >= 0.6 is 0 Å². The minimum atomic E-state index is -1.61. The summed E-state index contributed by atoms with van der Waals surface area (Å²) >= 11 is 0. The Hall–Kier alpha value is -2.71. The Balaban J connectivity index is 1.96. The van der Waals surface area contributed by atoms with Gasteiger partial charge in [-0.3, -0.25) is 19.4 Å². The van der Waals surface area contributed by atoms with Gasteiger partial charge in [-0.25, -0.2) is 4.79 Å². The number of ether oxygens (including phenoxy) is 1. The SMILES string of the molecule is C=CCOC(=O)N1C[C@@H](C(C)(C)C)C[C@@]1(C=C(C)CN1C(=O)c2ccccc2C1=O)O[SiH](C)C. The van der Waals surface area contributed by atoms with E-state index in [0.717, 1.165) is 5.57 Å². The molecule has 1 fully saturated rings. The Morgan fingerprint density at radius 3 is 2.29 bits per heavy atom. The predicted octanol–water partition coefficient (Wildman–Crippen LogP) is 4.62. The number of nitrogens with zero attached hydrogens (tertiary/aromatic N) is 2. The van der Waals surface area contributed by atoms with Crippen LogP contribution in [-0.2, 0) is 9.16 Å². The van der Waals surface area contributed by atoms with Crippen LogP contribution in [0, 0.1) is 11.3 Å². The molecule has 2 aliphatic heterocycles. The molecule has 184 valence electrons. The summed E-state index contributed by atoms with van der Waals surface area (Å²) in [5, 5.41) is 0. The van der Waals surface area contributed by atoms with Crippen molar-refractivity contribution < 1.29 is 23.5 Å². The number of hydrogen-bond acceptors (Lipinski definition) is 5. The molecule has 3 rings (SSSR count). The summed E-state index contributed by atoms with van der Waals surface area (Å²) in [6.07, 6.45) is 3.62. The maximum absolute atomic E-state index is 13.1. The molecule has 34 heavy (non-hydrogen) atoms. The van der Waals surface area contributed by atoms with Crippen molar-refractivity contribution in [1.82, 2.24) is 9.80 Å². The molecule has 0 spiro atoms. The topological polar surface area (TPSA) is 76.2 Å². The normalized spacial score (nSPS) is 23.0. The van der Waals surface area contributed by atoms with E-state index in [4.69, 9.17) is 9.16 Å². The number of hydrogen-bond donors (Lipinski definition) is 0. The van der Waals surface area contributed by atoms with Crippen LogP contribution < -0.4 is 0 Å². The molecule has 2 heterocycles. The molecular formula is C26H36N2O5Si. The number of amides is 3. The molecule has 0 bridgehead atoms. The predicted molar refractivity (Wildman–Crippen MR) is 134 cm³/mol. The van der Waals surface area contributed by atoms with E-state index in [1.165, 1.54) is 11.0 Å². The van der Waals surface area contributed by atoms with E-state index in [1.54, 1.807) is 29.2 Å². The van der Waals surface area contributed by atoms with Crippen LogP contribution in [0.5, 0.6) is 0 Å². The third-order valence-corrected chi connectivity index (χ3v) is 7.25. The molecule has 0 aromatic heterocycles. The quantitative estimate of drug-likeness (QED) is 0.321. The lowest BCUT2D eigenvalue weighted by Crippen LogP contribution is -2.50. The first-order valence-corrected chi connectivity index (χ1v) is 14.5. The number of rotatable bonds is 7. The van der Waals surface area contributed by atoms with Crippen molar-refractivity contribution in [1.29, 1.82) is 0 Å². The molecule has 0 unspecified atom stereocenters. The Bertz CT molecular complexity index is 978. The zero-order valence-electron chi connectivity index (χ0n) is 21.1. The summed E-state index contributed by atoms with van der Waals surface area (Å²) in [5.41, 5.74) is 0.582. The van der Waals surface area contributed by atoms with Crippen molar-refractivity contribution in [2.75, 3.05) is 19.7 Å². The summed E-state index contributed by atoms with van der Waals surface area (Å²) in [5.74, 6) is -0.425. The summed E-state index contributed by atoms with van der Waals surface area (Å²) in [6.45, 7) is 16.8. The van der Waals surface area contributed by atoms with Gasteiger partial charge in [-0.05, 0) is 49.6 Å². The first-order chi connectivity index (χ1) is 15.9. The molecule has 0 aliphatic carbocycles. The molecule has 0 radical (unpaired) electrons. The maximum atomic E-state index is 13.1. The van der Waals surface area contributed by atoms with Gasteiger partial charge in [-0.2, -0.15) is 0 Å². The first kappa shape index (κ1) is 25.9. The van der Waals surface area contributed by atoms with Crippen molar-refractivity contribution in [3.63, 3.8) is 0 Å². The van der Waals surface area contributed by atoms with Gasteiger partial charge in [0.2, 0.25) is 0 Å². The molecule has 3 amide bonds. The zero-order chi connectivity index (χ0) is 25.3. The molecule has 2 atom stereocenters. The third-order valence-electron chi connectivity index (χ3n) is 6.37. The largest absolute Gasteiger partial charge is 0.445 e. The van der Waals surface area contributed by atoms with Crippen LogP contribution in [0.4, 0.5) is 4.79 Å². The molecule has 1 saturated heterocycles. The number of fused-ring (bicyclic) bond motifs is 1. The standard InChI is InChI=1S/C26H36N2O5Si/c1-8-13-32-24(31)28-17-19(25(3,4)5)15-26(28,33-34(6)7)14-18(2)16-27-22(29)20-11-9-10-12-21(20)23(27)30/h8-12,14,19,34H,1,13,15-17H2,2-7H3/t19-,26+/m0/s1. The summed E-state index contributed by atoms with van der Waals surface area (Å²) in [4.78, 5) is 41.8. The van der Waals surface area contributed by atoms with Gasteiger partial charge in [0.05, 0.1) is 17.7 Å². The van der Waals surface area contributed by atoms with Crippen molar-refractivity contribution in [3.05, 3.63) is 59.7 Å². The Morgan fingerprint density at radius 2 is 1.79 bits per heavy atom. The summed E-state index contributed by atoms with van der Waals surface area (Å²) in [7, 11) is -1.61. The van der Waals surface area contributed by atoms with Gasteiger partial charge in [0, 0.05) is 13.0 Å². The van der Waals surface area contributed by atoms with Crippen LogP contribution in [0.2, 0.25) is 13.1 Å². The van der Waals surface area contributed by atoms with Crippen molar-refractivity contribution in [2.45, 2.75) is 52.9 Å². The van der Waals surface area contributed by atoms with E-state index in [-0.39, 0.29) is 36.3 Å². The number of carbonyl (C=O) groups excluding carboxylic acids is 3. The molecule has 7 nitrogen and oxygen atoms in total. The van der Waals surface area contributed by atoms with Crippen LogP contribution in [-0.4, -0.2) is 62.2 Å². The van der Waals surface area contributed by atoms with Gasteiger partial charge in [-0.1, -0.05) is 51.1 Å². The number of carbonyl (C=O) groups is 3. The molecule has 0 saturated carbocycles. The lowest BCUT2D eigenvalue weighted by Gasteiger charge is -2.38. The average Bonchev–Trinajstić information content (AvgIpc) is 3.23. The highest BCUT2D eigenvalue weighted by Gasteiger charge is 2.51. The second-order valence-electron chi connectivity index (χ2n) is 10.5. The van der Waals surface area contributed by atoms with E-state index in [1.807, 2.05) is 13.0 Å². The second kappa shape index (κ2) is 9.88. The van der Waals surface area contributed by atoms with E-state index >= 15 is 0 Å². The number of benzene rings is 1. The maximum Gasteiger partial charge on any atom is 0.412 e. The Labute approximate surface area is 204 Å². The second-order valence-corrected chi connectivity index (χ2v) is 12.8. The number of imide groups is 1. The lowest BCUT2D eigenvalue weighted by molar-refractivity contribution is -0.0139. The fraction of sp³-hybridized carbons (Fsp3) is 0.500. The summed E-state index contributed by atoms with van der Waals surface area (Å²) in [6, 6.07) is 6.85. The summed E-state index contributed by atoms with van der Waals surface area (Å²) < 4.78 is 12.0. The third kappa shape index (κ3) is 5.18. The van der Waals surface area contributed by atoms with Crippen molar-refractivity contribution in [2.24, 2.45) is 11.3 Å². The van der Waals surface area contributed by atoms with Crippen LogP contribution in [0.3, 0.4) is 0 Å². The molecule has 1 aromatic rings. The van der Waals surface area contributed by atoms with Gasteiger partial charge in [0.15, 0.2) is 14.8 Å². The minimum absolute atomic E-state index is 0.0507. The fourth-order valence-corrected chi connectivity index (χ4v) is 5.78. The van der Waals surface area contributed by atoms with Gasteiger partial charge in [0.1, 0.15) is 6.61 Å². The first-order valence-electron chi connectivity index (χ1n) is 11.8. The molecular weight excluding hydrogens is 448 g/mol. The monoisotopic (exact) mass is 484 g/mol. The Kier molecular flexibility index (Phi) is 7.52. The van der Waals surface area contributed by atoms with Crippen LogP contribution in [0.15, 0.2) is 48.6 Å². The smallest absolute Gasteiger partial charge is 0.412 e. The minimum Gasteiger partial charge on any atom is -0.445 e. The highest BCUT2D eigenvalue weighted by atomic mass is 28.3. The average molecular weight is 485 g/mol. The van der Waals surface area contributed by atoms with Crippen LogP contribution in [0.1, 0.15) is 54.8 Å². The van der Waals surface area contributed by atoms with E-state index < -0.39 is 20.9 Å². The molecule has 0 N–H and O–H groups in total. The molecule has 8 heteroatoms. The van der Waals surface area contributed by atoms with Crippen molar-refractivity contribution in [3.8, 4) is 0 Å². The molecule has 1 aromatic carbocycles. The van der Waals surface area contributed by atoms with E-state index in [9.17, 15) is 14.4 Å². The highest BCUT2D eigenvalue weighted by Crippen LogP contribution is 2.45. The van der Waals surface area contributed by atoms with Crippen molar-refractivity contribution >= 4 is 26.9 Å². The molecule has 2 aliphatic rings. The zero-order valence-corrected chi connectivity index (χ0v) is 22.2. The lowest BCUT2D eigenvalue weighted by atomic mass is 9.79. The van der Waals surface area contributed by atoms with Gasteiger partial charge in [-0.15, -0.1) is 0 Å². The van der Waals surface area contributed by atoms with Gasteiger partial charge < -0.3 is 9.16 Å². The fourth-order valence-electron chi connectivity index (χ4n) is 4.67. The van der Waals surface area contributed by atoms with E-state index in [0.29, 0.717) is 24.1 Å². The number of likely N-dealkylation sites (tertiary alicyclic amines) is 1. The van der Waals surface area contributed by atoms with Crippen LogP contribution in [0.25, 0.3) is 0 Å². The van der Waals surface area contributed by atoms with E-state index in [2.05, 4.69) is 40.4 Å².